The fourth-order valence-corrected chi connectivity index (χ4v) is 3.38. The van der Waals surface area contributed by atoms with Crippen molar-refractivity contribution in [2.45, 2.75) is 38.6 Å². The first-order valence-corrected chi connectivity index (χ1v) is 10.0. The molecule has 166 valence electrons. The summed E-state index contributed by atoms with van der Waals surface area (Å²) in [6.07, 6.45) is 5.39. The van der Waals surface area contributed by atoms with Crippen molar-refractivity contribution in [3.05, 3.63) is 40.5 Å². The van der Waals surface area contributed by atoms with Gasteiger partial charge in [-0.3, -0.25) is 5.32 Å². The van der Waals surface area contributed by atoms with E-state index < -0.39 is 17.7 Å². The summed E-state index contributed by atoms with van der Waals surface area (Å²) in [5, 5.41) is 23.5. The number of nitrogens with one attached hydrogen (secondary N) is 2. The first-order chi connectivity index (χ1) is 15.4. The number of nitrogens with two attached hydrogens (primary N) is 2. The number of halogens is 2. The second-order valence-corrected chi connectivity index (χ2v) is 7.13. The standard InChI is InChI=1S/C21H22F2N8O/c1-2-3-4-5-6-32-14-8-11(7-13(22)16(14)23)18-15-17(26)12(9-24)19(27)30-20(15)31-21(29-18)28-10-25/h7-8,18H,2-6H2,1H3,(H6,26,27,28,29,30,31). The van der Waals surface area contributed by atoms with Crippen LogP contribution in [0.2, 0.25) is 0 Å². The Bertz CT molecular complexity index is 1140. The van der Waals surface area contributed by atoms with Crippen molar-refractivity contribution in [1.82, 2.24) is 10.3 Å². The van der Waals surface area contributed by atoms with Gasteiger partial charge in [-0.05, 0) is 24.1 Å². The molecule has 3 rings (SSSR count). The third kappa shape index (κ3) is 4.47. The lowest BCUT2D eigenvalue weighted by Gasteiger charge is -2.26. The number of nitrogens with zero attached hydrogens (tertiary/aromatic N) is 4. The van der Waals surface area contributed by atoms with Gasteiger partial charge in [-0.2, -0.15) is 14.9 Å². The van der Waals surface area contributed by atoms with Crippen LogP contribution in [0.15, 0.2) is 17.1 Å². The maximum atomic E-state index is 14.4. The van der Waals surface area contributed by atoms with Crippen LogP contribution in [0.5, 0.6) is 5.75 Å². The minimum Gasteiger partial charge on any atom is -0.490 e. The largest absolute Gasteiger partial charge is 0.490 e. The summed E-state index contributed by atoms with van der Waals surface area (Å²) in [6, 6.07) is 3.18. The summed E-state index contributed by atoms with van der Waals surface area (Å²) in [6.45, 7) is 2.30. The van der Waals surface area contributed by atoms with Gasteiger partial charge < -0.3 is 21.5 Å². The van der Waals surface area contributed by atoms with Crippen LogP contribution in [-0.4, -0.2) is 17.6 Å². The molecule has 6 N–H and O–H groups in total. The van der Waals surface area contributed by atoms with Crippen LogP contribution >= 0.6 is 0 Å². The zero-order valence-corrected chi connectivity index (χ0v) is 17.4. The second-order valence-electron chi connectivity index (χ2n) is 7.13. The number of pyridine rings is 1. The molecule has 0 saturated carbocycles. The molecule has 0 fully saturated rings. The van der Waals surface area contributed by atoms with Crippen LogP contribution in [-0.2, 0) is 0 Å². The van der Waals surface area contributed by atoms with Gasteiger partial charge in [0.1, 0.15) is 29.3 Å². The Morgan fingerprint density at radius 2 is 2.00 bits per heavy atom. The van der Waals surface area contributed by atoms with Gasteiger partial charge in [0.15, 0.2) is 17.8 Å². The quantitative estimate of drug-likeness (QED) is 0.290. The van der Waals surface area contributed by atoms with Crippen LogP contribution in [0.3, 0.4) is 0 Å². The van der Waals surface area contributed by atoms with E-state index in [4.69, 9.17) is 21.5 Å². The van der Waals surface area contributed by atoms with Crippen LogP contribution < -0.4 is 26.8 Å². The number of aliphatic imine (C=N–C) groups is 1. The molecule has 2 aromatic rings. The van der Waals surface area contributed by atoms with Crippen LogP contribution in [0.1, 0.15) is 55.3 Å². The van der Waals surface area contributed by atoms with Crippen molar-refractivity contribution in [1.29, 1.82) is 10.5 Å². The maximum Gasteiger partial charge on any atom is 0.211 e. The summed E-state index contributed by atoms with van der Waals surface area (Å²) in [4.78, 5) is 8.47. The molecule has 0 bridgehead atoms. The van der Waals surface area contributed by atoms with Crippen molar-refractivity contribution >= 4 is 23.3 Å². The maximum absolute atomic E-state index is 14.4. The summed E-state index contributed by atoms with van der Waals surface area (Å²) in [5.74, 6) is -2.47. The van der Waals surface area contributed by atoms with Crippen LogP contribution in [0.25, 0.3) is 0 Å². The SMILES string of the molecule is CCCCCCOc1cc(C2N=C(NC#N)Nc3nc(N)c(C#N)c(N)c32)cc(F)c1F. The predicted octanol–water partition coefficient (Wildman–Crippen LogP) is 3.30. The molecule has 1 aliphatic rings. The van der Waals surface area contributed by atoms with E-state index in [0.29, 0.717) is 6.42 Å². The lowest BCUT2D eigenvalue weighted by atomic mass is 9.95. The van der Waals surface area contributed by atoms with Crippen molar-refractivity contribution in [3.63, 3.8) is 0 Å². The van der Waals surface area contributed by atoms with Gasteiger partial charge in [-0.1, -0.05) is 26.2 Å². The second kappa shape index (κ2) is 9.79. The fourth-order valence-electron chi connectivity index (χ4n) is 3.38. The molecule has 1 atom stereocenters. The van der Waals surface area contributed by atoms with Crippen LogP contribution in [0, 0.1) is 34.4 Å². The van der Waals surface area contributed by atoms with E-state index in [-0.39, 0.29) is 52.3 Å². The molecule has 9 nitrogen and oxygen atoms in total. The van der Waals surface area contributed by atoms with E-state index >= 15 is 0 Å². The number of fused-ring (bicyclic) bond motifs is 1. The number of rotatable bonds is 7. The normalized spacial score (nSPS) is 14.4. The molecule has 0 amide bonds. The lowest BCUT2D eigenvalue weighted by molar-refractivity contribution is 0.284. The Morgan fingerprint density at radius 3 is 2.69 bits per heavy atom. The van der Waals surface area contributed by atoms with E-state index in [1.54, 1.807) is 6.19 Å². The Kier molecular flexibility index (Phi) is 6.90. The van der Waals surface area contributed by atoms with E-state index in [1.807, 2.05) is 6.07 Å². The highest BCUT2D eigenvalue weighted by atomic mass is 19.2. The highest BCUT2D eigenvalue weighted by Crippen LogP contribution is 2.41. The highest BCUT2D eigenvalue weighted by molar-refractivity contribution is 5.98. The number of guanidine groups is 1. The Balaban J connectivity index is 2.06. The number of nitriles is 2. The van der Waals surface area contributed by atoms with Gasteiger partial charge in [-0.25, -0.2) is 14.4 Å². The minimum absolute atomic E-state index is 0.000903. The summed E-state index contributed by atoms with van der Waals surface area (Å²) in [7, 11) is 0. The molecule has 0 radical (unpaired) electrons. The lowest BCUT2D eigenvalue weighted by Crippen LogP contribution is -2.32. The molecule has 1 aliphatic heterocycles. The zero-order valence-electron chi connectivity index (χ0n) is 17.4. The molecule has 0 spiro atoms. The Labute approximate surface area is 183 Å². The molecule has 1 aromatic carbocycles. The number of hydrogen-bond donors (Lipinski definition) is 4. The topological polar surface area (TPSA) is 158 Å². The fraction of sp³-hybridized carbons (Fsp3) is 0.333. The van der Waals surface area contributed by atoms with Crippen LogP contribution in [0.4, 0.5) is 26.1 Å². The van der Waals surface area contributed by atoms with Gasteiger partial charge in [0.2, 0.25) is 11.8 Å². The Morgan fingerprint density at radius 1 is 1.22 bits per heavy atom. The molecule has 32 heavy (non-hydrogen) atoms. The van der Waals surface area contributed by atoms with E-state index in [2.05, 4.69) is 27.5 Å². The van der Waals surface area contributed by atoms with Crippen molar-refractivity contribution in [3.8, 4) is 18.0 Å². The number of aromatic nitrogens is 1. The molecule has 0 aliphatic carbocycles. The van der Waals surface area contributed by atoms with E-state index in [1.165, 1.54) is 6.07 Å². The third-order valence-electron chi connectivity index (χ3n) is 4.95. The van der Waals surface area contributed by atoms with E-state index in [9.17, 15) is 14.0 Å². The number of unbranched alkanes of at least 4 members (excludes halogenated alkanes) is 3. The predicted molar refractivity (Wildman–Crippen MR) is 115 cm³/mol. The van der Waals surface area contributed by atoms with Gasteiger partial charge in [0.25, 0.3) is 0 Å². The Hall–Kier alpha value is -4.12. The molecular formula is C21H22F2N8O. The highest BCUT2D eigenvalue weighted by Gasteiger charge is 2.31. The molecule has 2 heterocycles. The van der Waals surface area contributed by atoms with Gasteiger partial charge in [-0.15, -0.1) is 0 Å². The molecule has 1 aromatic heterocycles. The van der Waals surface area contributed by atoms with Gasteiger partial charge in [0, 0.05) is 5.56 Å². The first-order valence-electron chi connectivity index (χ1n) is 10.0. The smallest absolute Gasteiger partial charge is 0.211 e. The number of hydrogen-bond acceptors (Lipinski definition) is 9. The van der Waals surface area contributed by atoms with E-state index in [0.717, 1.165) is 25.3 Å². The first kappa shape index (κ1) is 22.6. The van der Waals surface area contributed by atoms with Crippen molar-refractivity contribution in [2.75, 3.05) is 23.4 Å². The summed E-state index contributed by atoms with van der Waals surface area (Å²) >= 11 is 0. The number of nitrogen functional groups attached to an aromatic ring is 2. The van der Waals surface area contributed by atoms with Gasteiger partial charge in [0.05, 0.1) is 12.3 Å². The number of ether oxygens (including phenoxy) is 1. The number of benzene rings is 1. The molecular weight excluding hydrogens is 418 g/mol. The monoisotopic (exact) mass is 440 g/mol. The van der Waals surface area contributed by atoms with Gasteiger partial charge >= 0.3 is 0 Å². The summed E-state index contributed by atoms with van der Waals surface area (Å²) < 4.78 is 34.3. The molecule has 0 saturated heterocycles. The molecule has 1 unspecified atom stereocenters. The average Bonchev–Trinajstić information content (AvgIpc) is 2.76. The van der Waals surface area contributed by atoms with Crippen molar-refractivity contribution in [2.24, 2.45) is 4.99 Å². The minimum atomic E-state index is -1.13. The van der Waals surface area contributed by atoms with Crippen molar-refractivity contribution < 1.29 is 13.5 Å². The molecule has 11 heteroatoms. The zero-order chi connectivity index (χ0) is 23.3. The number of anilines is 3. The third-order valence-corrected chi connectivity index (χ3v) is 4.95. The average molecular weight is 440 g/mol. The summed E-state index contributed by atoms with van der Waals surface area (Å²) in [5.41, 5.74) is 12.4.